The molecule has 0 atom stereocenters. The number of aromatic nitrogens is 3. The van der Waals surface area contributed by atoms with E-state index in [9.17, 15) is 21.6 Å². The number of halogens is 3. The van der Waals surface area contributed by atoms with Gasteiger partial charge < -0.3 is 4.57 Å². The van der Waals surface area contributed by atoms with Crippen molar-refractivity contribution >= 4 is 26.7 Å². The number of fused-ring (bicyclic) bond motifs is 1. The molecule has 0 unspecified atom stereocenters. The highest BCUT2D eigenvalue weighted by molar-refractivity contribution is 7.92. The molecule has 6 nitrogen and oxygen atoms in total. The van der Waals surface area contributed by atoms with Crippen LogP contribution >= 0.6 is 0 Å². The van der Waals surface area contributed by atoms with Gasteiger partial charge in [-0.25, -0.2) is 13.4 Å². The smallest absolute Gasteiger partial charge is 0.331 e. The molecule has 0 bridgehead atoms. The summed E-state index contributed by atoms with van der Waals surface area (Å²) in [7, 11) is -2.39. The zero-order chi connectivity index (χ0) is 18.4. The van der Waals surface area contributed by atoms with Crippen LogP contribution in [0.2, 0.25) is 0 Å². The minimum absolute atomic E-state index is 0.197. The molecule has 0 aliphatic rings. The van der Waals surface area contributed by atoms with Crippen LogP contribution in [0.25, 0.3) is 11.0 Å². The second-order valence-electron chi connectivity index (χ2n) is 5.43. The predicted molar refractivity (Wildman–Crippen MR) is 85.5 cm³/mol. The molecule has 0 amide bonds. The quantitative estimate of drug-likeness (QED) is 0.769. The van der Waals surface area contributed by atoms with E-state index < -0.39 is 26.7 Å². The van der Waals surface area contributed by atoms with Gasteiger partial charge in [0.2, 0.25) is 0 Å². The van der Waals surface area contributed by atoms with Crippen LogP contribution in [0.5, 0.6) is 0 Å². The first-order chi connectivity index (χ1) is 11.6. The van der Waals surface area contributed by atoms with Gasteiger partial charge in [-0.1, -0.05) is 0 Å². The fraction of sp³-hybridized carbons (Fsp3) is 0.200. The third-order valence-electron chi connectivity index (χ3n) is 3.71. The molecule has 2 heterocycles. The number of alkyl halides is 3. The van der Waals surface area contributed by atoms with Gasteiger partial charge in [-0.05, 0) is 31.2 Å². The Labute approximate surface area is 141 Å². The zero-order valence-corrected chi connectivity index (χ0v) is 14.0. The molecular formula is C15H13F3N4O2S. The lowest BCUT2D eigenvalue weighted by molar-refractivity contribution is -0.138. The second kappa shape index (κ2) is 5.73. The molecular weight excluding hydrogens is 357 g/mol. The van der Waals surface area contributed by atoms with E-state index in [-0.39, 0.29) is 5.69 Å². The van der Waals surface area contributed by atoms with Crippen molar-refractivity contribution in [1.82, 2.24) is 14.5 Å². The molecule has 0 saturated heterocycles. The molecule has 0 spiro atoms. The van der Waals surface area contributed by atoms with Gasteiger partial charge in [0.15, 0.2) is 0 Å². The lowest BCUT2D eigenvalue weighted by atomic mass is 10.3. The monoisotopic (exact) mass is 370 g/mol. The first-order valence-corrected chi connectivity index (χ1v) is 8.54. The third-order valence-corrected chi connectivity index (χ3v) is 5.06. The maximum atomic E-state index is 12.7. The number of anilines is 1. The molecule has 25 heavy (non-hydrogen) atoms. The van der Waals surface area contributed by atoms with Crippen LogP contribution < -0.4 is 4.72 Å². The number of sulfonamides is 1. The minimum atomic E-state index is -4.68. The van der Waals surface area contributed by atoms with Gasteiger partial charge in [-0.2, -0.15) is 13.2 Å². The Hall–Kier alpha value is -2.62. The van der Waals surface area contributed by atoms with Crippen LogP contribution in [0.15, 0.2) is 41.6 Å². The van der Waals surface area contributed by atoms with Crippen LogP contribution in [-0.4, -0.2) is 23.0 Å². The number of hydrogen-bond acceptors (Lipinski definition) is 4. The van der Waals surface area contributed by atoms with Gasteiger partial charge in [0, 0.05) is 19.4 Å². The molecule has 3 rings (SSSR count). The topological polar surface area (TPSA) is 76.9 Å². The van der Waals surface area contributed by atoms with Crippen LogP contribution in [0.4, 0.5) is 18.9 Å². The Morgan fingerprint density at radius 1 is 1.16 bits per heavy atom. The number of rotatable bonds is 3. The largest absolute Gasteiger partial charge is 0.417 e. The van der Waals surface area contributed by atoms with Gasteiger partial charge in [0.25, 0.3) is 10.0 Å². The van der Waals surface area contributed by atoms with Gasteiger partial charge in [-0.3, -0.25) is 9.71 Å². The molecule has 10 heteroatoms. The van der Waals surface area contributed by atoms with Crippen molar-refractivity contribution in [2.75, 3.05) is 4.72 Å². The van der Waals surface area contributed by atoms with Crippen molar-refractivity contribution < 1.29 is 21.6 Å². The number of benzene rings is 1. The molecule has 1 aromatic carbocycles. The van der Waals surface area contributed by atoms with Gasteiger partial charge >= 0.3 is 6.18 Å². The fourth-order valence-electron chi connectivity index (χ4n) is 2.32. The SMILES string of the molecule is Cc1nc2cc(NS(=O)(=O)c3cncc(C(F)(F)F)c3)ccc2n1C. The van der Waals surface area contributed by atoms with E-state index in [2.05, 4.69) is 14.7 Å². The van der Waals surface area contributed by atoms with E-state index >= 15 is 0 Å². The molecule has 0 aliphatic carbocycles. The Morgan fingerprint density at radius 3 is 2.56 bits per heavy atom. The number of nitrogens with one attached hydrogen (secondary N) is 1. The molecule has 0 radical (unpaired) electrons. The standard InChI is InChI=1S/C15H13F3N4O2S/c1-9-20-13-6-11(3-4-14(13)22(9)2)21-25(23,24)12-5-10(7-19-8-12)15(16,17)18/h3-8,21H,1-2H3. The first-order valence-electron chi connectivity index (χ1n) is 7.06. The normalized spacial score (nSPS) is 12.5. The van der Waals surface area contributed by atoms with E-state index in [1.807, 2.05) is 11.6 Å². The fourth-order valence-corrected chi connectivity index (χ4v) is 3.36. The van der Waals surface area contributed by atoms with Crippen LogP contribution in [0, 0.1) is 6.92 Å². The highest BCUT2D eigenvalue weighted by Gasteiger charge is 2.32. The Balaban J connectivity index is 1.96. The third kappa shape index (κ3) is 3.29. The van der Waals surface area contributed by atoms with E-state index in [1.165, 1.54) is 12.1 Å². The van der Waals surface area contributed by atoms with Gasteiger partial charge in [0.05, 0.1) is 22.3 Å². The molecule has 2 aromatic heterocycles. The van der Waals surface area contributed by atoms with Crippen molar-refractivity contribution in [2.45, 2.75) is 18.0 Å². The molecule has 0 fully saturated rings. The van der Waals surface area contributed by atoms with Gasteiger partial charge in [0.1, 0.15) is 10.7 Å². The van der Waals surface area contributed by atoms with Crippen molar-refractivity contribution in [3.05, 3.63) is 48.0 Å². The average molecular weight is 370 g/mol. The van der Waals surface area contributed by atoms with Gasteiger partial charge in [-0.15, -0.1) is 0 Å². The number of hydrogen-bond donors (Lipinski definition) is 1. The summed E-state index contributed by atoms with van der Waals surface area (Å²) < 4.78 is 67.0. The molecule has 1 N–H and O–H groups in total. The van der Waals surface area contributed by atoms with Crippen molar-refractivity contribution in [1.29, 1.82) is 0 Å². The van der Waals surface area contributed by atoms with E-state index in [4.69, 9.17) is 0 Å². The average Bonchev–Trinajstić information content (AvgIpc) is 2.80. The van der Waals surface area contributed by atoms with Crippen LogP contribution in [-0.2, 0) is 23.2 Å². The first kappa shape index (κ1) is 17.2. The van der Waals surface area contributed by atoms with Crippen molar-refractivity contribution in [3.63, 3.8) is 0 Å². The summed E-state index contributed by atoms with van der Waals surface area (Å²) in [5, 5.41) is 0. The summed E-state index contributed by atoms with van der Waals surface area (Å²) in [6.45, 7) is 1.80. The summed E-state index contributed by atoms with van der Waals surface area (Å²) >= 11 is 0. The summed E-state index contributed by atoms with van der Waals surface area (Å²) in [5.41, 5.74) is 0.442. The molecule has 0 saturated carbocycles. The molecule has 132 valence electrons. The summed E-state index contributed by atoms with van der Waals surface area (Å²) in [6.07, 6.45) is -3.24. The minimum Gasteiger partial charge on any atom is -0.331 e. The number of aryl methyl sites for hydroxylation is 2. The lowest BCUT2D eigenvalue weighted by Crippen LogP contribution is -2.15. The lowest BCUT2D eigenvalue weighted by Gasteiger charge is -2.10. The molecule has 0 aliphatic heterocycles. The van der Waals surface area contributed by atoms with Crippen molar-refractivity contribution in [2.24, 2.45) is 7.05 Å². The summed E-state index contributed by atoms with van der Waals surface area (Å²) in [5.74, 6) is 0.747. The summed E-state index contributed by atoms with van der Waals surface area (Å²) in [6, 6.07) is 5.25. The Bertz CT molecular complexity index is 1060. The molecule has 3 aromatic rings. The predicted octanol–water partition coefficient (Wildman–Crippen LogP) is 3.10. The van der Waals surface area contributed by atoms with E-state index in [0.29, 0.717) is 17.8 Å². The number of pyridine rings is 1. The Morgan fingerprint density at radius 2 is 1.88 bits per heavy atom. The van der Waals surface area contributed by atoms with Crippen LogP contribution in [0.3, 0.4) is 0 Å². The second-order valence-corrected chi connectivity index (χ2v) is 7.12. The van der Waals surface area contributed by atoms with Crippen LogP contribution in [0.1, 0.15) is 11.4 Å². The number of nitrogens with zero attached hydrogens (tertiary/aromatic N) is 3. The Kier molecular flexibility index (Phi) is 3.94. The summed E-state index contributed by atoms with van der Waals surface area (Å²) in [4.78, 5) is 7.09. The highest BCUT2D eigenvalue weighted by atomic mass is 32.2. The number of imidazole rings is 1. The maximum Gasteiger partial charge on any atom is 0.417 e. The highest BCUT2D eigenvalue weighted by Crippen LogP contribution is 2.30. The van der Waals surface area contributed by atoms with Crippen molar-refractivity contribution in [3.8, 4) is 0 Å². The maximum absolute atomic E-state index is 12.7. The van der Waals surface area contributed by atoms with E-state index in [1.54, 1.807) is 13.0 Å². The van der Waals surface area contributed by atoms with E-state index in [0.717, 1.165) is 17.5 Å². The zero-order valence-electron chi connectivity index (χ0n) is 13.2.